The van der Waals surface area contributed by atoms with Crippen LogP contribution in [-0.2, 0) is 40.1 Å². The molecule has 9 heteroatoms. The summed E-state index contributed by atoms with van der Waals surface area (Å²) in [6, 6.07) is 6.57. The summed E-state index contributed by atoms with van der Waals surface area (Å²) in [4.78, 5) is 31.9. The number of benzene rings is 1. The Morgan fingerprint density at radius 1 is 0.862 bits per heavy atom. The third-order valence-electron chi connectivity index (χ3n) is 3.30. The molecule has 29 heavy (non-hydrogen) atoms. The van der Waals surface area contributed by atoms with Crippen LogP contribution in [0.1, 0.15) is 27.7 Å². The standard InChI is InChI=1S/C20H24N2O6.Pt/c1-5-27-19(25)15(13(3)23)11-21-17-9-7-8-10-18(17)22-12-16(14(4)24)20(26)28-6-2;/h7-12,23-24H,5-6H2,1-4H3;/q;+2/p-2/b15-13+,16-14+,21-11?,22-12?;. The monoisotopic (exact) mass is 581 g/mol. The van der Waals surface area contributed by atoms with E-state index in [-0.39, 0.29) is 45.4 Å². The van der Waals surface area contributed by atoms with Gasteiger partial charge in [0.05, 0.1) is 35.7 Å². The van der Waals surface area contributed by atoms with Gasteiger partial charge >= 0.3 is 33.0 Å². The first-order valence-electron chi connectivity index (χ1n) is 8.58. The number of hydrogen-bond acceptors (Lipinski definition) is 8. The van der Waals surface area contributed by atoms with Gasteiger partial charge in [0, 0.05) is 12.4 Å². The van der Waals surface area contributed by atoms with E-state index < -0.39 is 23.5 Å². The Labute approximate surface area is 183 Å². The third kappa shape index (κ3) is 8.44. The van der Waals surface area contributed by atoms with Crippen LogP contribution < -0.4 is 10.2 Å². The van der Waals surface area contributed by atoms with Gasteiger partial charge in [-0.25, -0.2) is 9.59 Å². The maximum Gasteiger partial charge on any atom is 2.00 e. The molecule has 0 spiro atoms. The van der Waals surface area contributed by atoms with Gasteiger partial charge < -0.3 is 19.7 Å². The number of carbonyl (C=O) groups is 2. The molecule has 1 aromatic rings. The van der Waals surface area contributed by atoms with E-state index in [9.17, 15) is 19.8 Å². The number of rotatable bonds is 8. The van der Waals surface area contributed by atoms with Gasteiger partial charge in [-0.3, -0.25) is 9.98 Å². The molecule has 0 aliphatic carbocycles. The number of ether oxygens (including phenoxy) is 2. The Kier molecular flexibility index (Phi) is 12.2. The van der Waals surface area contributed by atoms with Crippen LogP contribution in [0.5, 0.6) is 0 Å². The van der Waals surface area contributed by atoms with Gasteiger partial charge in [-0.15, -0.1) is 11.5 Å². The molecule has 0 unspecified atom stereocenters. The Bertz CT molecular complexity index is 766. The maximum atomic E-state index is 11.8. The van der Waals surface area contributed by atoms with Crippen molar-refractivity contribution in [1.29, 1.82) is 0 Å². The van der Waals surface area contributed by atoms with Crippen LogP contribution in [0.15, 0.2) is 56.9 Å². The number of hydrogen-bond donors (Lipinski definition) is 0. The zero-order valence-electron chi connectivity index (χ0n) is 16.5. The quantitative estimate of drug-likeness (QED) is 0.198. The van der Waals surface area contributed by atoms with Crippen molar-refractivity contribution in [1.82, 2.24) is 0 Å². The second-order valence-electron chi connectivity index (χ2n) is 5.39. The molecule has 158 valence electrons. The number of esters is 2. The molecule has 0 N–H and O–H groups in total. The topological polar surface area (TPSA) is 123 Å². The van der Waals surface area contributed by atoms with Gasteiger partial charge in [0.1, 0.15) is 0 Å². The predicted octanol–water partition coefficient (Wildman–Crippen LogP) is 1.48. The van der Waals surface area contributed by atoms with Crippen molar-refractivity contribution in [2.75, 3.05) is 13.2 Å². The van der Waals surface area contributed by atoms with Gasteiger partial charge in [-0.1, -0.05) is 26.0 Å². The molecule has 0 bridgehead atoms. The summed E-state index contributed by atoms with van der Waals surface area (Å²) in [6.07, 6.45) is 2.21. The molecular weight excluding hydrogens is 559 g/mol. The van der Waals surface area contributed by atoms with Gasteiger partial charge in [-0.2, -0.15) is 0 Å². The third-order valence-corrected chi connectivity index (χ3v) is 3.30. The van der Waals surface area contributed by atoms with Gasteiger partial charge in [0.25, 0.3) is 0 Å². The first kappa shape index (κ1) is 26.3. The van der Waals surface area contributed by atoms with Crippen LogP contribution in [0.2, 0.25) is 0 Å². The zero-order chi connectivity index (χ0) is 21.1. The number of nitrogens with zero attached hydrogens (tertiary/aromatic N) is 2. The molecule has 0 aliphatic rings. The first-order chi connectivity index (χ1) is 13.3. The van der Waals surface area contributed by atoms with Crippen LogP contribution in [0.25, 0.3) is 0 Å². The molecule has 0 fully saturated rings. The molecule has 8 nitrogen and oxygen atoms in total. The van der Waals surface area contributed by atoms with Crippen LogP contribution in [0.3, 0.4) is 0 Å². The van der Waals surface area contributed by atoms with Crippen molar-refractivity contribution in [3.05, 3.63) is 46.9 Å². The molecule has 1 aromatic carbocycles. The SMILES string of the molecule is CCOC(=O)/C(C=Nc1ccccc1N=C/C(C(=O)OCC)=C(/C)[O-])=C(\C)[O-].[Pt+2]. The van der Waals surface area contributed by atoms with Crippen molar-refractivity contribution in [3.63, 3.8) is 0 Å². The molecule has 0 aromatic heterocycles. The number of carbonyl (C=O) groups excluding carboxylic acids is 2. The van der Waals surface area contributed by atoms with E-state index in [0.29, 0.717) is 11.4 Å². The Hall–Kier alpha value is -2.73. The fraction of sp³-hybridized carbons (Fsp3) is 0.300. The summed E-state index contributed by atoms with van der Waals surface area (Å²) in [7, 11) is 0. The van der Waals surface area contributed by atoms with Crippen LogP contribution >= 0.6 is 0 Å². The van der Waals surface area contributed by atoms with E-state index in [1.807, 2.05) is 0 Å². The largest absolute Gasteiger partial charge is 2.00 e. The minimum Gasteiger partial charge on any atom is -0.875 e. The first-order valence-corrected chi connectivity index (χ1v) is 8.58. The summed E-state index contributed by atoms with van der Waals surface area (Å²) >= 11 is 0. The molecule has 0 amide bonds. The molecule has 0 radical (unpaired) electrons. The predicted molar refractivity (Wildman–Crippen MR) is 101 cm³/mol. The smallest absolute Gasteiger partial charge is 0.875 e. The number of allylic oxidation sites excluding steroid dienone is 2. The van der Waals surface area contributed by atoms with E-state index in [4.69, 9.17) is 9.47 Å². The fourth-order valence-electron chi connectivity index (χ4n) is 1.94. The molecule has 0 saturated heterocycles. The van der Waals surface area contributed by atoms with Crippen molar-refractivity contribution in [2.24, 2.45) is 9.98 Å². The number of aliphatic imine (C=N–C) groups is 2. The van der Waals surface area contributed by atoms with E-state index >= 15 is 0 Å². The van der Waals surface area contributed by atoms with Crippen molar-refractivity contribution >= 4 is 35.7 Å². The van der Waals surface area contributed by atoms with E-state index in [1.165, 1.54) is 13.8 Å². The number of para-hydroxylation sites is 2. The van der Waals surface area contributed by atoms with Crippen LogP contribution in [-0.4, -0.2) is 37.6 Å². The Morgan fingerprint density at radius 3 is 1.48 bits per heavy atom. The maximum absolute atomic E-state index is 11.8. The van der Waals surface area contributed by atoms with Crippen LogP contribution in [0.4, 0.5) is 11.4 Å². The van der Waals surface area contributed by atoms with Crippen molar-refractivity contribution in [3.8, 4) is 0 Å². The second kappa shape index (κ2) is 13.4. The molecule has 0 aliphatic heterocycles. The Morgan fingerprint density at radius 2 is 1.21 bits per heavy atom. The van der Waals surface area contributed by atoms with Crippen molar-refractivity contribution < 1.29 is 50.3 Å². The average Bonchev–Trinajstić information content (AvgIpc) is 2.63. The van der Waals surface area contributed by atoms with Gasteiger partial charge in [-0.05, 0) is 26.0 Å². The van der Waals surface area contributed by atoms with Crippen molar-refractivity contribution in [2.45, 2.75) is 27.7 Å². The average molecular weight is 581 g/mol. The molecule has 1 rings (SSSR count). The summed E-state index contributed by atoms with van der Waals surface area (Å²) < 4.78 is 9.66. The summed E-state index contributed by atoms with van der Waals surface area (Å²) in [5.74, 6) is -2.51. The second-order valence-corrected chi connectivity index (χ2v) is 5.39. The minimum atomic E-state index is -0.769. The van der Waals surface area contributed by atoms with E-state index in [1.54, 1.807) is 38.1 Å². The summed E-state index contributed by atoms with van der Waals surface area (Å²) in [5, 5.41) is 23.3. The Balaban J connectivity index is 0.00000784. The molecule has 0 heterocycles. The molecule has 0 atom stereocenters. The minimum absolute atomic E-state index is 0. The van der Waals surface area contributed by atoms with Crippen LogP contribution in [0, 0.1) is 0 Å². The molecule has 0 saturated carbocycles. The van der Waals surface area contributed by atoms with Gasteiger partial charge in [0.15, 0.2) is 0 Å². The van der Waals surface area contributed by atoms with E-state index in [0.717, 1.165) is 12.4 Å². The summed E-state index contributed by atoms with van der Waals surface area (Å²) in [5.41, 5.74) is 0.244. The summed E-state index contributed by atoms with van der Waals surface area (Å²) in [6.45, 7) is 5.97. The van der Waals surface area contributed by atoms with Gasteiger partial charge in [0.2, 0.25) is 0 Å². The zero-order valence-corrected chi connectivity index (χ0v) is 18.8. The molecular formula is C20H22N2O6Pt. The van der Waals surface area contributed by atoms with E-state index in [2.05, 4.69) is 9.98 Å². The fourth-order valence-corrected chi connectivity index (χ4v) is 1.94. The normalized spacial score (nSPS) is 12.8.